The number of carbonyl (C=O) groups excluding carboxylic acids is 1. The minimum atomic E-state index is -0.501. The summed E-state index contributed by atoms with van der Waals surface area (Å²) >= 11 is 0. The van der Waals surface area contributed by atoms with Gasteiger partial charge in [-0.05, 0) is 49.4 Å². The number of nitrogens with zero attached hydrogens (tertiary/aromatic N) is 2. The van der Waals surface area contributed by atoms with Gasteiger partial charge in [-0.15, -0.1) is 0 Å². The number of amides is 1. The topological polar surface area (TPSA) is 66.9 Å². The third-order valence-electron chi connectivity index (χ3n) is 3.25. The zero-order valence-corrected chi connectivity index (χ0v) is 13.3. The second-order valence-electron chi connectivity index (χ2n) is 5.32. The van der Waals surface area contributed by atoms with Crippen LogP contribution in [0.4, 0.5) is 26.1 Å². The van der Waals surface area contributed by atoms with E-state index >= 15 is 0 Å². The molecule has 0 aliphatic carbocycles. The average molecular weight is 340 g/mol. The Hall–Kier alpha value is -3.35. The molecule has 2 N–H and O–H groups in total. The number of rotatable bonds is 4. The molecular formula is C18H14F2N4O. The Kier molecular flexibility index (Phi) is 4.65. The molecule has 0 unspecified atom stereocenters. The van der Waals surface area contributed by atoms with E-state index < -0.39 is 17.5 Å². The third kappa shape index (κ3) is 4.35. The van der Waals surface area contributed by atoms with E-state index in [2.05, 4.69) is 20.6 Å². The van der Waals surface area contributed by atoms with Crippen molar-refractivity contribution in [2.24, 2.45) is 0 Å². The molecule has 3 aromatic rings. The number of benzene rings is 2. The molecule has 0 radical (unpaired) electrons. The van der Waals surface area contributed by atoms with Crippen LogP contribution >= 0.6 is 0 Å². The smallest absolute Gasteiger partial charge is 0.274 e. The predicted octanol–water partition coefficient (Wildman–Crippen LogP) is 4.06. The van der Waals surface area contributed by atoms with Crippen LogP contribution in [0.25, 0.3) is 0 Å². The monoisotopic (exact) mass is 340 g/mol. The zero-order chi connectivity index (χ0) is 17.8. The first kappa shape index (κ1) is 16.5. The van der Waals surface area contributed by atoms with E-state index in [1.54, 1.807) is 25.1 Å². The van der Waals surface area contributed by atoms with Gasteiger partial charge < -0.3 is 10.6 Å². The van der Waals surface area contributed by atoms with Crippen LogP contribution in [0.5, 0.6) is 0 Å². The van der Waals surface area contributed by atoms with Crippen LogP contribution in [0.1, 0.15) is 16.2 Å². The lowest BCUT2D eigenvalue weighted by atomic mass is 10.2. The van der Waals surface area contributed by atoms with Crippen molar-refractivity contribution >= 4 is 23.2 Å². The van der Waals surface area contributed by atoms with Crippen molar-refractivity contribution in [3.8, 4) is 0 Å². The number of nitrogens with one attached hydrogen (secondary N) is 2. The molecule has 0 aliphatic rings. The summed E-state index contributed by atoms with van der Waals surface area (Å²) in [7, 11) is 0. The van der Waals surface area contributed by atoms with Crippen LogP contribution in [0, 0.1) is 18.6 Å². The lowest BCUT2D eigenvalue weighted by Crippen LogP contribution is -2.15. The predicted molar refractivity (Wildman–Crippen MR) is 90.8 cm³/mol. The van der Waals surface area contributed by atoms with Crippen molar-refractivity contribution in [1.82, 2.24) is 9.97 Å². The lowest BCUT2D eigenvalue weighted by Gasteiger charge is -2.09. The van der Waals surface area contributed by atoms with Crippen molar-refractivity contribution in [2.45, 2.75) is 6.92 Å². The fourth-order valence-electron chi connectivity index (χ4n) is 2.20. The summed E-state index contributed by atoms with van der Waals surface area (Å²) < 4.78 is 26.5. The van der Waals surface area contributed by atoms with Gasteiger partial charge in [0, 0.05) is 17.1 Å². The van der Waals surface area contributed by atoms with E-state index in [-0.39, 0.29) is 11.6 Å². The zero-order valence-electron chi connectivity index (χ0n) is 13.3. The summed E-state index contributed by atoms with van der Waals surface area (Å²) in [6.07, 6.45) is 0. The Morgan fingerprint density at radius 2 is 1.56 bits per heavy atom. The maximum Gasteiger partial charge on any atom is 0.274 e. The summed E-state index contributed by atoms with van der Waals surface area (Å²) in [5.74, 6) is -1.19. The van der Waals surface area contributed by atoms with Gasteiger partial charge in [0.25, 0.3) is 5.91 Å². The van der Waals surface area contributed by atoms with Crippen LogP contribution in [0.15, 0.2) is 54.6 Å². The van der Waals surface area contributed by atoms with Gasteiger partial charge in [-0.1, -0.05) is 12.1 Å². The van der Waals surface area contributed by atoms with Crippen molar-refractivity contribution in [3.05, 3.63) is 77.6 Å². The molecule has 5 nitrogen and oxygen atoms in total. The van der Waals surface area contributed by atoms with E-state index in [9.17, 15) is 13.6 Å². The number of aryl methyl sites for hydroxylation is 1. The van der Waals surface area contributed by atoms with Crippen LogP contribution in [-0.4, -0.2) is 15.9 Å². The first-order chi connectivity index (χ1) is 12.0. The number of carbonyl (C=O) groups is 1. The molecule has 0 fully saturated rings. The molecule has 0 bridgehead atoms. The van der Waals surface area contributed by atoms with E-state index in [0.717, 1.165) is 0 Å². The summed E-state index contributed by atoms with van der Waals surface area (Å²) in [4.78, 5) is 20.6. The molecule has 0 spiro atoms. The molecule has 25 heavy (non-hydrogen) atoms. The summed E-state index contributed by atoms with van der Waals surface area (Å²) in [6.45, 7) is 1.71. The summed E-state index contributed by atoms with van der Waals surface area (Å²) in [5.41, 5.74) is 1.44. The minimum absolute atomic E-state index is 0.107. The molecule has 1 aromatic heterocycles. The number of aromatic nitrogens is 2. The standard InChI is InChI=1S/C18H14F2N4O/c1-11-8-16(17(25)22-14-6-2-4-12(19)9-14)24-18(21-11)23-15-7-3-5-13(20)10-15/h2-10H,1H3,(H,22,25)(H,21,23,24). The second-order valence-corrected chi connectivity index (χ2v) is 5.32. The van der Waals surface area contributed by atoms with Crippen LogP contribution in [-0.2, 0) is 0 Å². The molecule has 126 valence electrons. The largest absolute Gasteiger partial charge is 0.324 e. The van der Waals surface area contributed by atoms with Crippen molar-refractivity contribution < 1.29 is 13.6 Å². The Bertz CT molecular complexity index is 930. The van der Waals surface area contributed by atoms with Crippen LogP contribution < -0.4 is 10.6 Å². The third-order valence-corrected chi connectivity index (χ3v) is 3.25. The number of anilines is 3. The van der Waals surface area contributed by atoms with Gasteiger partial charge in [-0.3, -0.25) is 4.79 Å². The van der Waals surface area contributed by atoms with E-state index in [1.807, 2.05) is 0 Å². The van der Waals surface area contributed by atoms with Gasteiger partial charge in [0.05, 0.1) is 0 Å². The van der Waals surface area contributed by atoms with Gasteiger partial charge in [0.1, 0.15) is 17.3 Å². The highest BCUT2D eigenvalue weighted by atomic mass is 19.1. The van der Waals surface area contributed by atoms with Crippen LogP contribution in [0.3, 0.4) is 0 Å². The van der Waals surface area contributed by atoms with E-state index in [4.69, 9.17) is 0 Å². The molecule has 0 atom stereocenters. The van der Waals surface area contributed by atoms with Gasteiger partial charge in [0.15, 0.2) is 0 Å². The molecule has 2 aromatic carbocycles. The Balaban J connectivity index is 1.82. The highest BCUT2D eigenvalue weighted by molar-refractivity contribution is 6.03. The normalized spacial score (nSPS) is 10.4. The highest BCUT2D eigenvalue weighted by Gasteiger charge is 2.12. The molecule has 1 heterocycles. The fraction of sp³-hybridized carbons (Fsp3) is 0.0556. The Labute approximate surface area is 142 Å². The molecule has 0 aliphatic heterocycles. The van der Waals surface area contributed by atoms with Gasteiger partial charge >= 0.3 is 0 Å². The van der Waals surface area contributed by atoms with E-state index in [1.165, 1.54) is 36.4 Å². The van der Waals surface area contributed by atoms with Gasteiger partial charge in [0.2, 0.25) is 5.95 Å². The fourth-order valence-corrected chi connectivity index (χ4v) is 2.20. The second kappa shape index (κ2) is 7.04. The minimum Gasteiger partial charge on any atom is -0.324 e. The van der Waals surface area contributed by atoms with Crippen molar-refractivity contribution in [3.63, 3.8) is 0 Å². The van der Waals surface area contributed by atoms with Crippen LogP contribution in [0.2, 0.25) is 0 Å². The van der Waals surface area contributed by atoms with Crippen molar-refractivity contribution in [2.75, 3.05) is 10.6 Å². The SMILES string of the molecule is Cc1cc(C(=O)Nc2cccc(F)c2)nc(Nc2cccc(F)c2)n1. The van der Waals surface area contributed by atoms with Crippen molar-refractivity contribution in [1.29, 1.82) is 0 Å². The maximum absolute atomic E-state index is 13.3. The summed E-state index contributed by atoms with van der Waals surface area (Å²) in [6, 6.07) is 12.9. The summed E-state index contributed by atoms with van der Waals surface area (Å²) in [5, 5.41) is 5.42. The van der Waals surface area contributed by atoms with Gasteiger partial charge in [-0.25, -0.2) is 18.7 Å². The lowest BCUT2D eigenvalue weighted by molar-refractivity contribution is 0.102. The number of hydrogen-bond donors (Lipinski definition) is 2. The maximum atomic E-state index is 13.3. The average Bonchev–Trinajstić information content (AvgIpc) is 2.54. The first-order valence-corrected chi connectivity index (χ1v) is 7.45. The number of halogens is 2. The highest BCUT2D eigenvalue weighted by Crippen LogP contribution is 2.16. The molecule has 3 rings (SSSR count). The van der Waals surface area contributed by atoms with Gasteiger partial charge in [-0.2, -0.15) is 0 Å². The number of hydrogen-bond acceptors (Lipinski definition) is 4. The molecule has 1 amide bonds. The quantitative estimate of drug-likeness (QED) is 0.752. The Morgan fingerprint density at radius 3 is 2.24 bits per heavy atom. The molecule has 7 heteroatoms. The molecule has 0 saturated carbocycles. The first-order valence-electron chi connectivity index (χ1n) is 7.45. The molecule has 0 saturated heterocycles. The Morgan fingerprint density at radius 1 is 0.920 bits per heavy atom. The van der Waals surface area contributed by atoms with E-state index in [0.29, 0.717) is 17.1 Å². The molecular weight excluding hydrogens is 326 g/mol.